The van der Waals surface area contributed by atoms with Crippen molar-refractivity contribution in [2.45, 2.75) is 18.0 Å². The molecule has 0 spiro atoms. The number of pyridine rings is 1. The van der Waals surface area contributed by atoms with Crippen LogP contribution in [0, 0.1) is 0 Å². The summed E-state index contributed by atoms with van der Waals surface area (Å²) in [5.41, 5.74) is 0.673. The van der Waals surface area contributed by atoms with E-state index in [4.69, 9.17) is 4.74 Å². The Bertz CT molecular complexity index is 1370. The average Bonchev–Trinajstić information content (AvgIpc) is 3.27. The number of aromatic nitrogens is 1. The molecule has 0 unspecified atom stereocenters. The lowest BCUT2D eigenvalue weighted by atomic mass is 10.1. The summed E-state index contributed by atoms with van der Waals surface area (Å²) in [5.74, 6) is 0.632. The predicted molar refractivity (Wildman–Crippen MR) is 126 cm³/mol. The number of rotatable bonds is 7. The van der Waals surface area contributed by atoms with E-state index >= 15 is 0 Å². The largest absolute Gasteiger partial charge is 0.497 e. The van der Waals surface area contributed by atoms with Gasteiger partial charge >= 0.3 is 0 Å². The smallest absolute Gasteiger partial charge is 0.252 e. The predicted octanol–water partition coefficient (Wildman–Crippen LogP) is 4.75. The summed E-state index contributed by atoms with van der Waals surface area (Å²) in [6.07, 6.45) is 0. The van der Waals surface area contributed by atoms with Crippen molar-refractivity contribution < 1.29 is 13.2 Å². The number of H-pyrrole nitrogens is 1. The number of halogens is 1. The zero-order valence-corrected chi connectivity index (χ0v) is 19.8. The van der Waals surface area contributed by atoms with Crippen LogP contribution >= 0.6 is 27.3 Å². The average molecular weight is 519 g/mol. The van der Waals surface area contributed by atoms with Gasteiger partial charge in [0.1, 0.15) is 5.75 Å². The van der Waals surface area contributed by atoms with E-state index in [-0.39, 0.29) is 23.5 Å². The first-order valence-corrected chi connectivity index (χ1v) is 12.5. The van der Waals surface area contributed by atoms with E-state index in [9.17, 15) is 13.2 Å². The van der Waals surface area contributed by atoms with Crippen LogP contribution in [0.3, 0.4) is 0 Å². The number of hydrogen-bond donors (Lipinski definition) is 1. The normalized spacial score (nSPS) is 11.8. The van der Waals surface area contributed by atoms with Crippen molar-refractivity contribution >= 4 is 48.2 Å². The fourth-order valence-electron chi connectivity index (χ4n) is 3.22. The standard InChI is InChI=1S/C22H19BrN2O4S2/c1-29-18-7-4-15-11-16(22(26)24-21(15)12-18)13-25(14-19-3-2-10-30-19)31(27,28)20-8-5-17(23)6-9-20/h2-12H,13-14H2,1H3,(H,24,26). The molecule has 0 atom stereocenters. The Balaban J connectivity index is 1.75. The Morgan fingerprint density at radius 2 is 1.84 bits per heavy atom. The Kier molecular flexibility index (Phi) is 6.29. The van der Waals surface area contributed by atoms with Crippen molar-refractivity contribution in [1.29, 1.82) is 0 Å². The highest BCUT2D eigenvalue weighted by atomic mass is 79.9. The maximum atomic E-state index is 13.4. The highest BCUT2D eigenvalue weighted by molar-refractivity contribution is 9.10. The van der Waals surface area contributed by atoms with Gasteiger partial charge in [-0.15, -0.1) is 11.3 Å². The summed E-state index contributed by atoms with van der Waals surface area (Å²) < 4.78 is 34.2. The maximum absolute atomic E-state index is 13.4. The van der Waals surface area contributed by atoms with Crippen LogP contribution in [0.5, 0.6) is 5.75 Å². The molecule has 0 aliphatic carbocycles. The number of benzene rings is 2. The molecule has 31 heavy (non-hydrogen) atoms. The molecule has 0 bridgehead atoms. The first-order chi connectivity index (χ1) is 14.9. The maximum Gasteiger partial charge on any atom is 0.252 e. The van der Waals surface area contributed by atoms with E-state index in [1.807, 2.05) is 23.6 Å². The minimum atomic E-state index is -3.83. The topological polar surface area (TPSA) is 79.5 Å². The number of aromatic amines is 1. The molecule has 0 aliphatic rings. The van der Waals surface area contributed by atoms with Gasteiger partial charge in [0.05, 0.1) is 17.5 Å². The van der Waals surface area contributed by atoms with Gasteiger partial charge in [-0.05, 0) is 59.3 Å². The number of methoxy groups -OCH3 is 1. The van der Waals surface area contributed by atoms with Crippen molar-refractivity contribution in [1.82, 2.24) is 9.29 Å². The molecule has 9 heteroatoms. The van der Waals surface area contributed by atoms with E-state index in [1.165, 1.54) is 15.6 Å². The van der Waals surface area contributed by atoms with Crippen LogP contribution < -0.4 is 10.3 Å². The first kappa shape index (κ1) is 21.8. The Labute approximate surface area is 192 Å². The molecule has 2 aromatic heterocycles. The number of nitrogens with zero attached hydrogens (tertiary/aromatic N) is 1. The molecule has 0 aliphatic heterocycles. The molecule has 2 aromatic carbocycles. The van der Waals surface area contributed by atoms with Gasteiger partial charge in [0.15, 0.2) is 0 Å². The number of ether oxygens (including phenoxy) is 1. The van der Waals surface area contributed by atoms with Gasteiger partial charge < -0.3 is 9.72 Å². The zero-order valence-electron chi connectivity index (χ0n) is 16.5. The van der Waals surface area contributed by atoms with Gasteiger partial charge in [-0.2, -0.15) is 4.31 Å². The number of thiophene rings is 1. The quantitative estimate of drug-likeness (QED) is 0.382. The highest BCUT2D eigenvalue weighted by Gasteiger charge is 2.26. The van der Waals surface area contributed by atoms with E-state index in [2.05, 4.69) is 20.9 Å². The Morgan fingerprint density at radius 1 is 1.06 bits per heavy atom. The van der Waals surface area contributed by atoms with Gasteiger partial charge in [0.25, 0.3) is 5.56 Å². The van der Waals surface area contributed by atoms with Crippen LogP contribution in [0.1, 0.15) is 10.4 Å². The summed E-state index contributed by atoms with van der Waals surface area (Å²) in [5, 5.41) is 2.70. The fourth-order valence-corrected chi connectivity index (χ4v) is 5.68. The number of sulfonamides is 1. The van der Waals surface area contributed by atoms with Crippen LogP contribution in [0.25, 0.3) is 10.9 Å². The molecule has 2 heterocycles. The van der Waals surface area contributed by atoms with E-state index in [1.54, 1.807) is 49.6 Å². The third-order valence-corrected chi connectivity index (χ3v) is 8.04. The SMILES string of the molecule is COc1ccc2cc(CN(Cc3cccs3)S(=O)(=O)c3ccc(Br)cc3)c(=O)[nH]c2c1. The first-order valence-electron chi connectivity index (χ1n) is 9.35. The van der Waals surface area contributed by atoms with E-state index < -0.39 is 10.0 Å². The van der Waals surface area contributed by atoms with Crippen LogP contribution in [-0.2, 0) is 23.1 Å². The lowest BCUT2D eigenvalue weighted by molar-refractivity contribution is 0.402. The third kappa shape index (κ3) is 4.74. The molecule has 4 aromatic rings. The van der Waals surface area contributed by atoms with Gasteiger partial charge in [0.2, 0.25) is 10.0 Å². The summed E-state index contributed by atoms with van der Waals surface area (Å²) in [6.45, 7) is 0.129. The molecule has 0 amide bonds. The van der Waals surface area contributed by atoms with Gasteiger partial charge in [-0.25, -0.2) is 8.42 Å². The minimum absolute atomic E-state index is 0.0480. The summed E-state index contributed by atoms with van der Waals surface area (Å²) in [7, 11) is -2.27. The number of nitrogens with one attached hydrogen (secondary N) is 1. The van der Waals surface area contributed by atoms with Crippen molar-refractivity contribution in [2.75, 3.05) is 7.11 Å². The summed E-state index contributed by atoms with van der Waals surface area (Å²) >= 11 is 4.81. The van der Waals surface area contributed by atoms with Crippen molar-refractivity contribution in [2.24, 2.45) is 0 Å². The third-order valence-electron chi connectivity index (χ3n) is 4.84. The molecule has 160 valence electrons. The fraction of sp³-hybridized carbons (Fsp3) is 0.136. The zero-order chi connectivity index (χ0) is 22.0. The number of hydrogen-bond acceptors (Lipinski definition) is 5. The second kappa shape index (κ2) is 8.96. The van der Waals surface area contributed by atoms with Crippen molar-refractivity contribution in [3.8, 4) is 5.75 Å². The molecular weight excluding hydrogens is 500 g/mol. The Morgan fingerprint density at radius 3 is 2.52 bits per heavy atom. The van der Waals surface area contributed by atoms with Crippen LogP contribution in [0.2, 0.25) is 0 Å². The van der Waals surface area contributed by atoms with Crippen LogP contribution in [-0.4, -0.2) is 24.8 Å². The molecule has 0 saturated carbocycles. The Hall–Kier alpha value is -2.46. The second-order valence-corrected chi connectivity index (χ2v) is 10.8. The monoisotopic (exact) mass is 518 g/mol. The molecule has 6 nitrogen and oxygen atoms in total. The molecule has 0 radical (unpaired) electrons. The summed E-state index contributed by atoms with van der Waals surface area (Å²) in [6, 6.07) is 17.3. The lowest BCUT2D eigenvalue weighted by Gasteiger charge is -2.22. The minimum Gasteiger partial charge on any atom is -0.497 e. The molecule has 1 N–H and O–H groups in total. The molecular formula is C22H19BrN2O4S2. The molecule has 4 rings (SSSR count). The highest BCUT2D eigenvalue weighted by Crippen LogP contribution is 2.25. The second-order valence-electron chi connectivity index (χ2n) is 6.88. The van der Waals surface area contributed by atoms with E-state index in [0.29, 0.717) is 16.8 Å². The molecule has 0 saturated heterocycles. The summed E-state index contributed by atoms with van der Waals surface area (Å²) in [4.78, 5) is 16.7. The molecule has 0 fully saturated rings. The van der Waals surface area contributed by atoms with Crippen LogP contribution in [0.4, 0.5) is 0 Å². The van der Waals surface area contributed by atoms with Gasteiger partial charge in [-0.3, -0.25) is 4.79 Å². The van der Waals surface area contributed by atoms with Gasteiger partial charge in [-0.1, -0.05) is 22.0 Å². The van der Waals surface area contributed by atoms with E-state index in [0.717, 1.165) is 14.7 Å². The van der Waals surface area contributed by atoms with Gasteiger partial charge in [0, 0.05) is 34.1 Å². The lowest BCUT2D eigenvalue weighted by Crippen LogP contribution is -2.32. The number of fused-ring (bicyclic) bond motifs is 1. The van der Waals surface area contributed by atoms with Crippen molar-refractivity contribution in [3.05, 3.63) is 91.3 Å². The van der Waals surface area contributed by atoms with Crippen LogP contribution in [0.15, 0.2) is 80.2 Å². The van der Waals surface area contributed by atoms with Crippen molar-refractivity contribution in [3.63, 3.8) is 0 Å².